The van der Waals surface area contributed by atoms with Gasteiger partial charge in [-0.3, -0.25) is 9.59 Å². The van der Waals surface area contributed by atoms with Crippen LogP contribution in [-0.4, -0.2) is 18.2 Å². The molecule has 0 aliphatic heterocycles. The van der Waals surface area contributed by atoms with Gasteiger partial charge < -0.3 is 5.32 Å². The number of hydrogen-bond donors (Lipinski definition) is 1. The molecule has 0 saturated carbocycles. The molecule has 18 heavy (non-hydrogen) atoms. The van der Waals surface area contributed by atoms with Gasteiger partial charge in [0.1, 0.15) is 0 Å². The molecule has 1 amide bonds. The first-order valence-corrected chi connectivity index (χ1v) is 6.21. The van der Waals surface area contributed by atoms with E-state index in [4.69, 9.17) is 11.6 Å². The van der Waals surface area contributed by atoms with Crippen molar-refractivity contribution in [2.75, 3.05) is 6.54 Å². The van der Waals surface area contributed by atoms with E-state index < -0.39 is 0 Å². The van der Waals surface area contributed by atoms with Crippen molar-refractivity contribution in [1.29, 1.82) is 0 Å². The van der Waals surface area contributed by atoms with Crippen molar-refractivity contribution in [2.45, 2.75) is 27.2 Å². The Morgan fingerprint density at radius 1 is 1.28 bits per heavy atom. The normalized spacial score (nSPS) is 11.1. The Bertz CT molecular complexity index is 449. The molecule has 0 spiro atoms. The van der Waals surface area contributed by atoms with Gasteiger partial charge in [0.2, 0.25) is 5.91 Å². The highest BCUT2D eigenvalue weighted by atomic mass is 35.5. The Kier molecular flexibility index (Phi) is 4.91. The standard InChI is InChI=1S/C14H18ClNO2/c1-14(2,3)8-13(18)16-9-12(17)10-5-4-6-11(15)7-10/h4-7H,8-9H2,1-3H3,(H,16,18). The van der Waals surface area contributed by atoms with Gasteiger partial charge in [-0.05, 0) is 17.5 Å². The van der Waals surface area contributed by atoms with Crippen molar-refractivity contribution < 1.29 is 9.59 Å². The summed E-state index contributed by atoms with van der Waals surface area (Å²) in [4.78, 5) is 23.4. The van der Waals surface area contributed by atoms with Crippen LogP contribution >= 0.6 is 11.6 Å². The van der Waals surface area contributed by atoms with Gasteiger partial charge in [-0.15, -0.1) is 0 Å². The second-order valence-corrected chi connectivity index (χ2v) is 5.88. The summed E-state index contributed by atoms with van der Waals surface area (Å²) in [6.07, 6.45) is 0.399. The molecule has 3 nitrogen and oxygen atoms in total. The first kappa shape index (κ1) is 14.7. The molecule has 0 atom stereocenters. The van der Waals surface area contributed by atoms with E-state index in [2.05, 4.69) is 5.32 Å². The Morgan fingerprint density at radius 2 is 1.94 bits per heavy atom. The predicted octanol–water partition coefficient (Wildman–Crippen LogP) is 3.08. The van der Waals surface area contributed by atoms with E-state index in [1.54, 1.807) is 24.3 Å². The summed E-state index contributed by atoms with van der Waals surface area (Å²) in [5.41, 5.74) is 0.432. The van der Waals surface area contributed by atoms with E-state index in [1.807, 2.05) is 20.8 Å². The molecule has 1 aromatic rings. The van der Waals surface area contributed by atoms with Crippen LogP contribution in [0.15, 0.2) is 24.3 Å². The van der Waals surface area contributed by atoms with Gasteiger partial charge in [0, 0.05) is 17.0 Å². The maximum Gasteiger partial charge on any atom is 0.220 e. The SMILES string of the molecule is CC(C)(C)CC(=O)NCC(=O)c1cccc(Cl)c1. The zero-order valence-corrected chi connectivity index (χ0v) is 11.7. The van der Waals surface area contributed by atoms with E-state index in [-0.39, 0.29) is 23.7 Å². The first-order chi connectivity index (χ1) is 8.28. The number of rotatable bonds is 4. The number of ketones is 1. The van der Waals surface area contributed by atoms with Crippen LogP contribution in [-0.2, 0) is 4.79 Å². The smallest absolute Gasteiger partial charge is 0.220 e. The Labute approximate surface area is 113 Å². The van der Waals surface area contributed by atoms with Crippen molar-refractivity contribution in [2.24, 2.45) is 5.41 Å². The summed E-state index contributed by atoms with van der Waals surface area (Å²) >= 11 is 5.80. The number of carbonyl (C=O) groups is 2. The lowest BCUT2D eigenvalue weighted by atomic mass is 9.92. The number of halogens is 1. The number of hydrogen-bond acceptors (Lipinski definition) is 2. The van der Waals surface area contributed by atoms with E-state index in [0.29, 0.717) is 17.0 Å². The molecular weight excluding hydrogens is 250 g/mol. The quantitative estimate of drug-likeness (QED) is 0.852. The summed E-state index contributed by atoms with van der Waals surface area (Å²) in [6.45, 7) is 5.94. The highest BCUT2D eigenvalue weighted by Gasteiger charge is 2.16. The molecule has 0 aromatic heterocycles. The highest BCUT2D eigenvalue weighted by Crippen LogP contribution is 2.17. The summed E-state index contributed by atoms with van der Waals surface area (Å²) in [7, 11) is 0. The second-order valence-electron chi connectivity index (χ2n) is 5.45. The molecule has 0 bridgehead atoms. The summed E-state index contributed by atoms with van der Waals surface area (Å²) in [6, 6.07) is 6.70. The largest absolute Gasteiger partial charge is 0.349 e. The third-order valence-corrected chi connectivity index (χ3v) is 2.52. The van der Waals surface area contributed by atoms with E-state index in [9.17, 15) is 9.59 Å². The summed E-state index contributed by atoms with van der Waals surface area (Å²) in [5, 5.41) is 3.14. The molecule has 98 valence electrons. The van der Waals surface area contributed by atoms with Crippen molar-refractivity contribution in [1.82, 2.24) is 5.32 Å². The minimum atomic E-state index is -0.139. The lowest BCUT2D eigenvalue weighted by Crippen LogP contribution is -2.32. The zero-order valence-electron chi connectivity index (χ0n) is 10.9. The molecule has 0 aliphatic carbocycles. The average Bonchev–Trinajstić information content (AvgIpc) is 2.23. The summed E-state index contributed by atoms with van der Waals surface area (Å²) < 4.78 is 0. The molecule has 0 radical (unpaired) electrons. The summed E-state index contributed by atoms with van der Waals surface area (Å²) in [5.74, 6) is -0.252. The zero-order chi connectivity index (χ0) is 13.8. The fourth-order valence-corrected chi connectivity index (χ4v) is 1.68. The van der Waals surface area contributed by atoms with Crippen molar-refractivity contribution in [3.8, 4) is 0 Å². The molecule has 0 heterocycles. The third kappa shape index (κ3) is 5.32. The minimum absolute atomic E-state index is 0.00918. The molecule has 1 rings (SSSR count). The molecule has 4 heteroatoms. The predicted molar refractivity (Wildman–Crippen MR) is 72.9 cm³/mol. The van der Waals surface area contributed by atoms with Gasteiger partial charge in [0.15, 0.2) is 5.78 Å². The van der Waals surface area contributed by atoms with E-state index >= 15 is 0 Å². The monoisotopic (exact) mass is 267 g/mol. The van der Waals surface area contributed by atoms with Crippen LogP contribution in [0, 0.1) is 5.41 Å². The maximum absolute atomic E-state index is 11.8. The topological polar surface area (TPSA) is 46.2 Å². The van der Waals surface area contributed by atoms with E-state index in [1.165, 1.54) is 0 Å². The Morgan fingerprint density at radius 3 is 2.50 bits per heavy atom. The third-order valence-electron chi connectivity index (χ3n) is 2.28. The second kappa shape index (κ2) is 6.01. The number of nitrogens with one attached hydrogen (secondary N) is 1. The molecular formula is C14H18ClNO2. The highest BCUT2D eigenvalue weighted by molar-refractivity contribution is 6.31. The fourth-order valence-electron chi connectivity index (χ4n) is 1.49. The lowest BCUT2D eigenvalue weighted by Gasteiger charge is -2.17. The number of benzene rings is 1. The van der Waals surface area contributed by atoms with Gasteiger partial charge in [0.05, 0.1) is 6.54 Å². The van der Waals surface area contributed by atoms with Gasteiger partial charge in [-0.25, -0.2) is 0 Å². The molecule has 1 aromatic carbocycles. The first-order valence-electron chi connectivity index (χ1n) is 5.83. The fraction of sp³-hybridized carbons (Fsp3) is 0.429. The molecule has 0 aliphatic rings. The Hall–Kier alpha value is -1.35. The van der Waals surface area contributed by atoms with Crippen LogP contribution in [0.25, 0.3) is 0 Å². The molecule has 1 N–H and O–H groups in total. The minimum Gasteiger partial charge on any atom is -0.349 e. The van der Waals surface area contributed by atoms with Crippen molar-refractivity contribution in [3.05, 3.63) is 34.9 Å². The van der Waals surface area contributed by atoms with Gasteiger partial charge >= 0.3 is 0 Å². The van der Waals surface area contributed by atoms with Crippen LogP contribution in [0.5, 0.6) is 0 Å². The Balaban J connectivity index is 2.49. The van der Waals surface area contributed by atoms with Crippen LogP contribution in [0.1, 0.15) is 37.6 Å². The molecule has 0 fully saturated rings. The van der Waals surface area contributed by atoms with Gasteiger partial charge in [-0.1, -0.05) is 44.5 Å². The van der Waals surface area contributed by atoms with Crippen LogP contribution < -0.4 is 5.32 Å². The van der Waals surface area contributed by atoms with Crippen molar-refractivity contribution >= 4 is 23.3 Å². The van der Waals surface area contributed by atoms with Crippen molar-refractivity contribution in [3.63, 3.8) is 0 Å². The van der Waals surface area contributed by atoms with Crippen LogP contribution in [0.4, 0.5) is 0 Å². The number of amides is 1. The lowest BCUT2D eigenvalue weighted by molar-refractivity contribution is -0.122. The number of Topliss-reactive ketones (excluding diaryl/α,β-unsaturated/α-hetero) is 1. The molecule has 0 unspecified atom stereocenters. The average molecular weight is 268 g/mol. The van der Waals surface area contributed by atoms with Gasteiger partial charge in [0.25, 0.3) is 0 Å². The van der Waals surface area contributed by atoms with Gasteiger partial charge in [-0.2, -0.15) is 0 Å². The maximum atomic E-state index is 11.8. The number of carbonyl (C=O) groups excluding carboxylic acids is 2. The van der Waals surface area contributed by atoms with Crippen LogP contribution in [0.2, 0.25) is 5.02 Å². The molecule has 0 saturated heterocycles. The van der Waals surface area contributed by atoms with Crippen LogP contribution in [0.3, 0.4) is 0 Å². The van der Waals surface area contributed by atoms with E-state index in [0.717, 1.165) is 0 Å².